The average Bonchev–Trinajstić information content (AvgIpc) is 3.36. The van der Waals surface area contributed by atoms with E-state index in [2.05, 4.69) is 30.6 Å². The Bertz CT molecular complexity index is 1210. The smallest absolute Gasteiger partial charge is 0.231 e. The maximum absolute atomic E-state index is 10.1. The number of nitrogens with one attached hydrogen (secondary N) is 2. The molecule has 0 radical (unpaired) electrons. The normalized spacial score (nSPS) is 21.4. The molecule has 154 valence electrons. The van der Waals surface area contributed by atoms with Crippen molar-refractivity contribution in [1.29, 1.82) is 0 Å². The highest BCUT2D eigenvalue weighted by Crippen LogP contribution is 2.32. The fourth-order valence-corrected chi connectivity index (χ4v) is 3.69. The molecule has 5 rings (SSSR count). The van der Waals surface area contributed by atoms with Gasteiger partial charge in [-0.05, 0) is 24.3 Å². The highest BCUT2D eigenvalue weighted by molar-refractivity contribution is 5.86. The minimum absolute atomic E-state index is 0.245. The number of hydrogen-bond acceptors (Lipinski definition) is 9. The van der Waals surface area contributed by atoms with Crippen molar-refractivity contribution in [3.05, 3.63) is 42.9 Å². The molecule has 4 aromatic rings. The number of benzene rings is 1. The molecule has 0 bridgehead atoms. The third-order valence-electron chi connectivity index (χ3n) is 5.21. The number of rotatable bonds is 5. The quantitative estimate of drug-likeness (QED) is 0.391. The van der Waals surface area contributed by atoms with E-state index in [1.165, 1.54) is 0 Å². The van der Waals surface area contributed by atoms with Gasteiger partial charge >= 0.3 is 0 Å². The van der Waals surface area contributed by atoms with E-state index < -0.39 is 18.4 Å². The summed E-state index contributed by atoms with van der Waals surface area (Å²) in [6, 6.07) is 9.71. The molecule has 1 saturated heterocycles. The fraction of sp³-hybridized carbons (Fsp3) is 0.300. The predicted octanol–water partition coefficient (Wildman–Crippen LogP) is 1.80. The Morgan fingerprint density at radius 2 is 2.13 bits per heavy atom. The van der Waals surface area contributed by atoms with Crippen LogP contribution in [0.4, 0.5) is 17.5 Å². The first-order valence-corrected chi connectivity index (χ1v) is 9.65. The number of hydrogen-bond donors (Lipinski definition) is 4. The summed E-state index contributed by atoms with van der Waals surface area (Å²) >= 11 is 0. The summed E-state index contributed by atoms with van der Waals surface area (Å²) in [5.41, 5.74) is 2.89. The van der Waals surface area contributed by atoms with Gasteiger partial charge in [0.05, 0.1) is 24.6 Å². The molecule has 3 aromatic heterocycles. The molecular weight excluding hydrogens is 386 g/mol. The van der Waals surface area contributed by atoms with Gasteiger partial charge in [0.1, 0.15) is 12.3 Å². The summed E-state index contributed by atoms with van der Waals surface area (Å²) in [6.45, 7) is -0.245. The lowest BCUT2D eigenvalue weighted by Gasteiger charge is -2.14. The molecule has 4 heterocycles. The summed E-state index contributed by atoms with van der Waals surface area (Å²) in [5, 5.41) is 26.8. The third kappa shape index (κ3) is 3.20. The maximum Gasteiger partial charge on any atom is 0.231 e. The molecule has 0 aliphatic carbocycles. The molecule has 0 amide bonds. The van der Waals surface area contributed by atoms with Crippen LogP contribution < -0.4 is 10.6 Å². The molecule has 1 aliphatic rings. The Labute approximate surface area is 171 Å². The maximum atomic E-state index is 10.1. The van der Waals surface area contributed by atoms with Crippen LogP contribution in [0.2, 0.25) is 0 Å². The van der Waals surface area contributed by atoms with E-state index in [1.54, 1.807) is 24.1 Å². The lowest BCUT2D eigenvalue weighted by molar-refractivity contribution is -0.0432. The molecule has 0 spiro atoms. The second-order valence-electron chi connectivity index (χ2n) is 7.12. The second-order valence-corrected chi connectivity index (χ2v) is 7.12. The number of aliphatic hydroxyl groups is 2. The van der Waals surface area contributed by atoms with Crippen molar-refractivity contribution >= 4 is 39.5 Å². The number of ether oxygens (including phenoxy) is 1. The molecule has 1 fully saturated rings. The largest absolute Gasteiger partial charge is 0.394 e. The van der Waals surface area contributed by atoms with Gasteiger partial charge in [0, 0.05) is 30.7 Å². The van der Waals surface area contributed by atoms with Crippen molar-refractivity contribution in [1.82, 2.24) is 24.5 Å². The van der Waals surface area contributed by atoms with Crippen molar-refractivity contribution in [3.8, 4) is 0 Å². The van der Waals surface area contributed by atoms with Crippen LogP contribution in [-0.4, -0.2) is 60.6 Å². The minimum Gasteiger partial charge on any atom is -0.394 e. The molecule has 30 heavy (non-hydrogen) atoms. The number of pyridine rings is 1. The molecular formula is C20H21N7O3. The summed E-state index contributed by atoms with van der Waals surface area (Å²) in [6.07, 6.45) is 1.88. The fourth-order valence-electron chi connectivity index (χ4n) is 3.69. The lowest BCUT2D eigenvalue weighted by atomic mass is 10.2. The Kier molecular flexibility index (Phi) is 4.66. The van der Waals surface area contributed by atoms with Gasteiger partial charge in [-0.2, -0.15) is 9.97 Å². The summed E-state index contributed by atoms with van der Waals surface area (Å²) < 4.78 is 7.53. The van der Waals surface area contributed by atoms with Crippen LogP contribution in [0.1, 0.15) is 12.6 Å². The standard InChI is InChI=1S/C20H21N7O3/c1-21-18-17-19(27(10-23-17)16-8-14(29)15(9-28)30-16)26-20(25-18)24-12-4-5-13-11(7-12)3-2-6-22-13/h2-7,10,14-16,28-29H,8-9H2,1H3,(H2,21,24,25,26). The number of fused-ring (bicyclic) bond motifs is 2. The third-order valence-corrected chi connectivity index (χ3v) is 5.21. The Morgan fingerprint density at radius 3 is 2.93 bits per heavy atom. The number of aliphatic hydroxyl groups excluding tert-OH is 2. The Hall–Kier alpha value is -3.34. The van der Waals surface area contributed by atoms with E-state index in [0.29, 0.717) is 29.4 Å². The number of imidazole rings is 1. The molecule has 1 aromatic carbocycles. The highest BCUT2D eigenvalue weighted by Gasteiger charge is 2.35. The van der Waals surface area contributed by atoms with Gasteiger partial charge in [0.25, 0.3) is 0 Å². The van der Waals surface area contributed by atoms with E-state index in [0.717, 1.165) is 16.6 Å². The number of anilines is 3. The van der Waals surface area contributed by atoms with Gasteiger partial charge in [-0.15, -0.1) is 0 Å². The minimum atomic E-state index is -0.744. The predicted molar refractivity (Wildman–Crippen MR) is 112 cm³/mol. The van der Waals surface area contributed by atoms with Gasteiger partial charge in [0.15, 0.2) is 17.0 Å². The van der Waals surface area contributed by atoms with Crippen LogP contribution in [0.3, 0.4) is 0 Å². The van der Waals surface area contributed by atoms with Crippen molar-refractivity contribution in [3.63, 3.8) is 0 Å². The zero-order valence-corrected chi connectivity index (χ0v) is 16.2. The van der Waals surface area contributed by atoms with E-state index in [4.69, 9.17) is 4.74 Å². The first-order valence-electron chi connectivity index (χ1n) is 9.65. The van der Waals surface area contributed by atoms with Crippen LogP contribution in [-0.2, 0) is 4.74 Å². The zero-order chi connectivity index (χ0) is 20.7. The van der Waals surface area contributed by atoms with Crippen LogP contribution in [0, 0.1) is 0 Å². The summed E-state index contributed by atoms with van der Waals surface area (Å²) in [7, 11) is 1.77. The number of aromatic nitrogens is 5. The Morgan fingerprint density at radius 1 is 1.23 bits per heavy atom. The molecule has 1 aliphatic heterocycles. The van der Waals surface area contributed by atoms with Gasteiger partial charge in [-0.1, -0.05) is 6.07 Å². The van der Waals surface area contributed by atoms with Crippen molar-refractivity contribution < 1.29 is 14.9 Å². The second kappa shape index (κ2) is 7.48. The monoisotopic (exact) mass is 407 g/mol. The molecule has 3 unspecified atom stereocenters. The van der Waals surface area contributed by atoms with Gasteiger partial charge in [0.2, 0.25) is 5.95 Å². The van der Waals surface area contributed by atoms with Crippen molar-refractivity contribution in [2.45, 2.75) is 24.9 Å². The SMILES string of the molecule is CNc1nc(Nc2ccc3ncccc3c2)nc2c1ncn2C1CC(O)C(CO)O1. The van der Waals surface area contributed by atoms with Crippen molar-refractivity contribution in [2.75, 3.05) is 24.3 Å². The van der Waals surface area contributed by atoms with Crippen LogP contribution in [0.25, 0.3) is 22.1 Å². The first kappa shape index (κ1) is 18.7. The van der Waals surface area contributed by atoms with E-state index in [9.17, 15) is 10.2 Å². The summed E-state index contributed by atoms with van der Waals surface area (Å²) in [5.74, 6) is 0.968. The molecule has 4 N–H and O–H groups in total. The first-order chi connectivity index (χ1) is 14.7. The van der Waals surface area contributed by atoms with Gasteiger partial charge in [-0.25, -0.2) is 4.98 Å². The van der Waals surface area contributed by atoms with Gasteiger partial charge in [-0.3, -0.25) is 9.55 Å². The van der Waals surface area contributed by atoms with Crippen LogP contribution in [0.15, 0.2) is 42.9 Å². The van der Waals surface area contributed by atoms with Crippen molar-refractivity contribution in [2.24, 2.45) is 0 Å². The molecule has 0 saturated carbocycles. The topological polar surface area (TPSA) is 130 Å². The molecule has 10 heteroatoms. The highest BCUT2D eigenvalue weighted by atomic mass is 16.5. The lowest BCUT2D eigenvalue weighted by Crippen LogP contribution is -2.24. The summed E-state index contributed by atoms with van der Waals surface area (Å²) in [4.78, 5) is 17.9. The van der Waals surface area contributed by atoms with Gasteiger partial charge < -0.3 is 25.6 Å². The van der Waals surface area contributed by atoms with Crippen LogP contribution in [0.5, 0.6) is 0 Å². The molecule has 10 nitrogen and oxygen atoms in total. The van der Waals surface area contributed by atoms with E-state index in [1.807, 2.05) is 30.3 Å². The zero-order valence-electron chi connectivity index (χ0n) is 16.2. The van der Waals surface area contributed by atoms with E-state index >= 15 is 0 Å². The molecule has 3 atom stereocenters. The Balaban J connectivity index is 1.52. The van der Waals surface area contributed by atoms with E-state index in [-0.39, 0.29) is 6.61 Å². The average molecular weight is 407 g/mol. The number of nitrogens with zero attached hydrogens (tertiary/aromatic N) is 5. The van der Waals surface area contributed by atoms with Crippen LogP contribution >= 0.6 is 0 Å².